The van der Waals surface area contributed by atoms with E-state index >= 15 is 0 Å². The van der Waals surface area contributed by atoms with Crippen LogP contribution in [0, 0.1) is 25.2 Å². The van der Waals surface area contributed by atoms with Crippen LogP contribution in [0.3, 0.4) is 0 Å². The first-order valence-corrected chi connectivity index (χ1v) is 17.4. The zero-order valence-electron chi connectivity index (χ0n) is 29.0. The predicted octanol–water partition coefficient (Wildman–Crippen LogP) is 6.14. The van der Waals surface area contributed by atoms with E-state index in [1.165, 1.54) is 32.1 Å². The quantitative estimate of drug-likeness (QED) is 0.110. The molecule has 0 aliphatic carbocycles. The summed E-state index contributed by atoms with van der Waals surface area (Å²) >= 11 is 6.75. The number of ether oxygens (including phenoxy) is 3. The number of hydrogen-bond acceptors (Lipinski definition) is 10. The van der Waals surface area contributed by atoms with E-state index in [2.05, 4.69) is 46.2 Å². The van der Waals surface area contributed by atoms with E-state index < -0.39 is 5.54 Å². The van der Waals surface area contributed by atoms with Crippen molar-refractivity contribution in [2.75, 3.05) is 39.5 Å². The first kappa shape index (κ1) is 37.0. The van der Waals surface area contributed by atoms with Gasteiger partial charge < -0.3 is 34.6 Å². The van der Waals surface area contributed by atoms with Gasteiger partial charge in [-0.05, 0) is 88.0 Å². The number of aromatic nitrogens is 2. The number of nitriles is 1. The van der Waals surface area contributed by atoms with E-state index in [1.54, 1.807) is 37.5 Å². The molecule has 0 spiro atoms. The molecule has 264 valence electrons. The zero-order chi connectivity index (χ0) is 35.5. The highest BCUT2D eigenvalue weighted by Crippen LogP contribution is 2.36. The van der Waals surface area contributed by atoms with Gasteiger partial charge in [-0.2, -0.15) is 5.26 Å². The average Bonchev–Trinajstić information content (AvgIpc) is 3.66. The van der Waals surface area contributed by atoms with E-state index in [0.29, 0.717) is 34.3 Å². The van der Waals surface area contributed by atoms with Gasteiger partial charge in [0.05, 0.1) is 35.9 Å². The third kappa shape index (κ3) is 9.50. The Morgan fingerprint density at radius 1 is 0.880 bits per heavy atom. The lowest BCUT2D eigenvalue weighted by Crippen LogP contribution is -2.48. The summed E-state index contributed by atoms with van der Waals surface area (Å²) < 4.78 is 18.7. The topological polar surface area (TPSA) is 133 Å². The van der Waals surface area contributed by atoms with E-state index in [9.17, 15) is 15.5 Å². The van der Waals surface area contributed by atoms with Crippen LogP contribution in [0.2, 0.25) is 5.02 Å². The molecule has 1 aliphatic heterocycles. The first-order valence-electron chi connectivity index (χ1n) is 17.0. The highest BCUT2D eigenvalue weighted by molar-refractivity contribution is 6.32. The Bertz CT molecular complexity index is 1790. The molecule has 50 heavy (non-hydrogen) atoms. The number of aliphatic hydroxyl groups excluding tert-OH is 2. The molecule has 1 fully saturated rings. The number of nitrogens with one attached hydrogen (secondary N) is 1. The highest BCUT2D eigenvalue weighted by Gasteiger charge is 2.23. The van der Waals surface area contributed by atoms with Crippen LogP contribution >= 0.6 is 11.6 Å². The lowest BCUT2D eigenvalue weighted by molar-refractivity contribution is 0.103. The number of rotatable bonds is 17. The first-order chi connectivity index (χ1) is 24.2. The van der Waals surface area contributed by atoms with Crippen molar-refractivity contribution in [2.45, 2.75) is 65.3 Å². The van der Waals surface area contributed by atoms with Crippen molar-refractivity contribution in [1.29, 1.82) is 5.26 Å². The van der Waals surface area contributed by atoms with E-state index in [4.69, 9.17) is 25.8 Å². The van der Waals surface area contributed by atoms with Gasteiger partial charge in [-0.3, -0.25) is 9.97 Å². The molecule has 10 nitrogen and oxygen atoms in total. The third-order valence-corrected chi connectivity index (χ3v) is 9.48. The van der Waals surface area contributed by atoms with Gasteiger partial charge in [0.25, 0.3) is 0 Å². The van der Waals surface area contributed by atoms with Gasteiger partial charge in [-0.1, -0.05) is 23.7 Å². The summed E-state index contributed by atoms with van der Waals surface area (Å²) in [5.74, 6) is 1.80. The Morgan fingerprint density at radius 2 is 1.64 bits per heavy atom. The molecule has 2 aromatic heterocycles. The second-order valence-electron chi connectivity index (χ2n) is 13.0. The van der Waals surface area contributed by atoms with Crippen LogP contribution < -0.4 is 19.5 Å². The maximum Gasteiger partial charge on any atom is 0.142 e. The van der Waals surface area contributed by atoms with Gasteiger partial charge in [-0.15, -0.1) is 0 Å². The minimum Gasteiger partial charge on any atom is -0.493 e. The van der Waals surface area contributed by atoms with Crippen LogP contribution in [0.25, 0.3) is 11.1 Å². The fraction of sp³-hybridized carbons (Fsp3) is 0.410. The van der Waals surface area contributed by atoms with Crippen molar-refractivity contribution in [3.05, 3.63) is 99.6 Å². The van der Waals surface area contributed by atoms with Crippen LogP contribution in [0.15, 0.2) is 61.2 Å². The molecule has 0 unspecified atom stereocenters. The number of likely N-dealkylation sites (tertiary alicyclic amines) is 1. The van der Waals surface area contributed by atoms with Crippen molar-refractivity contribution in [1.82, 2.24) is 20.2 Å². The number of hydrogen-bond donors (Lipinski definition) is 3. The zero-order valence-corrected chi connectivity index (χ0v) is 29.8. The predicted molar refractivity (Wildman–Crippen MR) is 193 cm³/mol. The van der Waals surface area contributed by atoms with Crippen LogP contribution in [-0.4, -0.2) is 70.1 Å². The maximum absolute atomic E-state index is 9.79. The van der Waals surface area contributed by atoms with Gasteiger partial charge in [0, 0.05) is 66.2 Å². The molecular weight excluding hydrogens is 654 g/mol. The van der Waals surface area contributed by atoms with Crippen LogP contribution in [-0.2, 0) is 19.8 Å². The normalized spacial score (nSPS) is 13.3. The summed E-state index contributed by atoms with van der Waals surface area (Å²) in [6.07, 6.45) is 10.4. The number of benzene rings is 2. The fourth-order valence-corrected chi connectivity index (χ4v) is 6.14. The van der Waals surface area contributed by atoms with E-state index in [1.807, 2.05) is 18.3 Å². The smallest absolute Gasteiger partial charge is 0.142 e. The molecule has 3 heterocycles. The van der Waals surface area contributed by atoms with Crippen molar-refractivity contribution in [2.24, 2.45) is 0 Å². The van der Waals surface area contributed by atoms with Gasteiger partial charge in [-0.25, -0.2) is 0 Å². The van der Waals surface area contributed by atoms with Gasteiger partial charge >= 0.3 is 0 Å². The lowest BCUT2D eigenvalue weighted by atomic mass is 9.95. The minimum absolute atomic E-state index is 0.152. The lowest BCUT2D eigenvalue weighted by Gasteiger charge is -2.27. The van der Waals surface area contributed by atoms with Gasteiger partial charge in [0.1, 0.15) is 36.5 Å². The Balaban J connectivity index is 1.32. The number of pyridine rings is 2. The minimum atomic E-state index is -0.906. The molecule has 3 N–H and O–H groups in total. The molecule has 2 aromatic carbocycles. The summed E-state index contributed by atoms with van der Waals surface area (Å²) in [6, 6.07) is 13.4. The van der Waals surface area contributed by atoms with Crippen molar-refractivity contribution < 1.29 is 24.4 Å². The Hall–Kier alpha value is -4.24. The Labute approximate surface area is 299 Å². The molecule has 5 rings (SSSR count). The standard InChI is InChI=1S/C39H46ClN5O5/c1-27-32(20-43-22-34(27)33-8-6-9-36(28(33)2)48-13-7-12-45-10-4-5-11-45)24-50-38-16-37(49-23-30-14-29(17-41)18-42-19-30)31(15-35(38)40)21-44-39(3,25-46)26-47/h6,8-9,14-16,18-20,22,44,46-47H,4-5,7,10-13,21,23-26H2,1-3H3. The average molecular weight is 700 g/mol. The van der Waals surface area contributed by atoms with E-state index in [-0.39, 0.29) is 33.0 Å². The summed E-state index contributed by atoms with van der Waals surface area (Å²) in [5, 5.41) is 32.4. The van der Waals surface area contributed by atoms with E-state index in [0.717, 1.165) is 52.1 Å². The number of aliphatic hydroxyl groups is 2. The molecule has 0 radical (unpaired) electrons. The van der Waals surface area contributed by atoms with Crippen molar-refractivity contribution >= 4 is 11.6 Å². The monoisotopic (exact) mass is 699 g/mol. The molecule has 11 heteroatoms. The van der Waals surface area contributed by atoms with Crippen LogP contribution in [0.4, 0.5) is 0 Å². The summed E-state index contributed by atoms with van der Waals surface area (Å²) in [4.78, 5) is 11.2. The second kappa shape index (κ2) is 17.6. The molecule has 0 atom stereocenters. The van der Waals surface area contributed by atoms with Crippen molar-refractivity contribution in [3.63, 3.8) is 0 Å². The second-order valence-corrected chi connectivity index (χ2v) is 13.4. The Morgan fingerprint density at radius 3 is 2.40 bits per heavy atom. The molecule has 0 saturated carbocycles. The van der Waals surface area contributed by atoms with Crippen molar-refractivity contribution in [3.8, 4) is 34.4 Å². The highest BCUT2D eigenvalue weighted by atomic mass is 35.5. The molecular formula is C39H46ClN5O5. The summed E-state index contributed by atoms with van der Waals surface area (Å²) in [5.41, 5.74) is 6.04. The molecule has 1 aliphatic rings. The van der Waals surface area contributed by atoms with Gasteiger partial charge in [0.2, 0.25) is 0 Å². The summed E-state index contributed by atoms with van der Waals surface area (Å²) in [6.45, 7) is 10.1. The molecule has 0 bridgehead atoms. The summed E-state index contributed by atoms with van der Waals surface area (Å²) in [7, 11) is 0. The Kier molecular flexibility index (Phi) is 13.0. The van der Waals surface area contributed by atoms with Crippen LogP contribution in [0.1, 0.15) is 59.6 Å². The number of nitrogens with zero attached hydrogens (tertiary/aromatic N) is 4. The SMILES string of the molecule is Cc1c(COc2cc(OCc3cncc(C#N)c3)c(CNC(C)(CO)CO)cc2Cl)cncc1-c1cccc(OCCCN2CCCC2)c1C. The fourth-order valence-electron chi connectivity index (χ4n) is 5.90. The molecule has 0 amide bonds. The largest absolute Gasteiger partial charge is 0.493 e. The number of halogens is 1. The maximum atomic E-state index is 9.79. The van der Waals surface area contributed by atoms with Crippen LogP contribution in [0.5, 0.6) is 17.2 Å². The molecule has 1 saturated heterocycles. The van der Waals surface area contributed by atoms with Gasteiger partial charge in [0.15, 0.2) is 0 Å². The molecule has 4 aromatic rings. The third-order valence-electron chi connectivity index (χ3n) is 9.19.